The van der Waals surface area contributed by atoms with Gasteiger partial charge < -0.3 is 14.8 Å². The van der Waals surface area contributed by atoms with Crippen LogP contribution in [0.3, 0.4) is 0 Å². The first kappa shape index (κ1) is 21.7. The van der Waals surface area contributed by atoms with Crippen LogP contribution in [-0.4, -0.2) is 33.0 Å². The third kappa shape index (κ3) is 6.22. The Morgan fingerprint density at radius 2 is 1.93 bits per heavy atom. The third-order valence-electron chi connectivity index (χ3n) is 3.56. The number of amides is 1. The summed E-state index contributed by atoms with van der Waals surface area (Å²) in [6, 6.07) is 10.3. The van der Waals surface area contributed by atoms with Gasteiger partial charge in [-0.3, -0.25) is 4.79 Å². The average Bonchev–Trinajstić information content (AvgIpc) is 2.61. The molecule has 0 aliphatic carbocycles. The molecule has 2 rings (SSSR count). The van der Waals surface area contributed by atoms with Gasteiger partial charge in [0.1, 0.15) is 5.75 Å². The van der Waals surface area contributed by atoms with Gasteiger partial charge in [-0.1, -0.05) is 17.7 Å². The van der Waals surface area contributed by atoms with E-state index in [2.05, 4.69) is 5.32 Å². The van der Waals surface area contributed by atoms with Crippen molar-refractivity contribution in [1.82, 2.24) is 0 Å². The molecule has 0 radical (unpaired) electrons. The molecule has 0 aliphatic rings. The fourth-order valence-corrected chi connectivity index (χ4v) is 2.97. The normalized spacial score (nSPS) is 12.1. The number of halogens is 1. The Bertz CT molecular complexity index is 993. The highest BCUT2D eigenvalue weighted by molar-refractivity contribution is 7.89. The Labute approximate surface area is 167 Å². The van der Waals surface area contributed by atoms with Crippen LogP contribution < -0.4 is 15.2 Å². The molecule has 0 bridgehead atoms. The number of carbonyl (C=O) groups excluding carboxylic acids is 2. The summed E-state index contributed by atoms with van der Waals surface area (Å²) in [6.45, 7) is 2.71. The summed E-state index contributed by atoms with van der Waals surface area (Å²) in [5.41, 5.74) is 0.952. The molecule has 2 aromatic carbocycles. The number of sulfonamides is 1. The molecule has 10 heteroatoms. The topological polar surface area (TPSA) is 125 Å². The van der Waals surface area contributed by atoms with Crippen molar-refractivity contribution in [2.45, 2.75) is 24.8 Å². The Morgan fingerprint density at radius 1 is 1.21 bits per heavy atom. The van der Waals surface area contributed by atoms with Gasteiger partial charge >= 0.3 is 5.97 Å². The molecule has 0 spiro atoms. The number of esters is 1. The predicted molar refractivity (Wildman–Crippen MR) is 104 cm³/mol. The lowest BCUT2D eigenvalue weighted by Crippen LogP contribution is -2.30. The van der Waals surface area contributed by atoms with Crippen LogP contribution >= 0.6 is 11.6 Å². The van der Waals surface area contributed by atoms with Crippen molar-refractivity contribution < 1.29 is 27.5 Å². The summed E-state index contributed by atoms with van der Waals surface area (Å²) in [5, 5.41) is 8.01. The summed E-state index contributed by atoms with van der Waals surface area (Å²) in [6.07, 6.45) is -0.946. The van der Waals surface area contributed by atoms with E-state index in [1.54, 1.807) is 25.1 Å². The molecule has 150 valence electrons. The molecular formula is C18H19ClN2O6S. The highest BCUT2D eigenvalue weighted by atomic mass is 35.5. The Kier molecular flexibility index (Phi) is 7.00. The van der Waals surface area contributed by atoms with Crippen molar-refractivity contribution in [3.63, 3.8) is 0 Å². The van der Waals surface area contributed by atoms with Gasteiger partial charge in [0.05, 0.1) is 4.90 Å². The second-order valence-corrected chi connectivity index (χ2v) is 7.90. The first-order valence-electron chi connectivity index (χ1n) is 8.08. The van der Waals surface area contributed by atoms with Gasteiger partial charge in [-0.15, -0.1) is 0 Å². The molecule has 28 heavy (non-hydrogen) atoms. The zero-order chi connectivity index (χ0) is 20.9. The van der Waals surface area contributed by atoms with Gasteiger partial charge in [0.2, 0.25) is 10.0 Å². The number of primary sulfonamides is 1. The highest BCUT2D eigenvalue weighted by Crippen LogP contribution is 2.23. The number of nitrogens with one attached hydrogen (secondary N) is 1. The SMILES string of the molecule is Cc1cc(Cl)ccc1OC(C)C(=O)OCC(=O)Nc1cccc(S(N)(=O)=O)c1. The zero-order valence-electron chi connectivity index (χ0n) is 15.1. The van der Waals surface area contributed by atoms with Crippen LogP contribution in [0.4, 0.5) is 5.69 Å². The van der Waals surface area contributed by atoms with Gasteiger partial charge in [-0.2, -0.15) is 0 Å². The Hall–Kier alpha value is -2.62. The largest absolute Gasteiger partial charge is 0.479 e. The van der Waals surface area contributed by atoms with Gasteiger partial charge in [0.25, 0.3) is 5.91 Å². The fraction of sp³-hybridized carbons (Fsp3) is 0.222. The lowest BCUT2D eigenvalue weighted by Gasteiger charge is -2.15. The maximum atomic E-state index is 12.0. The summed E-state index contributed by atoms with van der Waals surface area (Å²) in [4.78, 5) is 23.8. The van der Waals surface area contributed by atoms with E-state index in [4.69, 9.17) is 26.2 Å². The van der Waals surface area contributed by atoms with E-state index in [0.29, 0.717) is 10.8 Å². The quantitative estimate of drug-likeness (QED) is 0.654. The van der Waals surface area contributed by atoms with Gasteiger partial charge in [0, 0.05) is 10.7 Å². The third-order valence-corrected chi connectivity index (χ3v) is 4.71. The molecule has 1 amide bonds. The Morgan fingerprint density at radius 3 is 2.57 bits per heavy atom. The minimum atomic E-state index is -3.90. The number of carbonyl (C=O) groups is 2. The van der Waals surface area contributed by atoms with Gasteiger partial charge in [-0.25, -0.2) is 18.4 Å². The molecule has 1 unspecified atom stereocenters. The molecule has 0 aliphatic heterocycles. The zero-order valence-corrected chi connectivity index (χ0v) is 16.7. The molecule has 0 fully saturated rings. The molecule has 8 nitrogen and oxygen atoms in total. The number of ether oxygens (including phenoxy) is 2. The molecule has 1 atom stereocenters. The van der Waals surface area contributed by atoms with Crippen LogP contribution in [0, 0.1) is 6.92 Å². The minimum absolute atomic E-state index is 0.150. The van der Waals surface area contributed by atoms with E-state index in [-0.39, 0.29) is 10.6 Å². The minimum Gasteiger partial charge on any atom is -0.479 e. The fourth-order valence-electron chi connectivity index (χ4n) is 2.19. The Balaban J connectivity index is 1.89. The van der Waals surface area contributed by atoms with Crippen LogP contribution in [-0.2, 0) is 24.3 Å². The van der Waals surface area contributed by atoms with Crippen molar-refractivity contribution in [3.8, 4) is 5.75 Å². The first-order valence-corrected chi connectivity index (χ1v) is 10.0. The van der Waals surface area contributed by atoms with Crippen molar-refractivity contribution in [3.05, 3.63) is 53.1 Å². The standard InChI is InChI=1S/C18H19ClN2O6S/c1-11-8-13(19)6-7-16(11)27-12(2)18(23)26-10-17(22)21-14-4-3-5-15(9-14)28(20,24)25/h3-9,12H,10H2,1-2H3,(H,21,22)(H2,20,24,25). The molecule has 0 aromatic heterocycles. The lowest BCUT2D eigenvalue weighted by molar-refractivity contribution is -0.153. The van der Waals surface area contributed by atoms with Crippen molar-refractivity contribution in [2.24, 2.45) is 5.14 Å². The van der Waals surface area contributed by atoms with E-state index in [1.165, 1.54) is 31.2 Å². The van der Waals surface area contributed by atoms with Crippen molar-refractivity contribution in [1.29, 1.82) is 0 Å². The number of rotatable bonds is 7. The highest BCUT2D eigenvalue weighted by Gasteiger charge is 2.19. The van der Waals surface area contributed by atoms with E-state index < -0.39 is 34.6 Å². The predicted octanol–water partition coefficient (Wildman–Crippen LogP) is 2.25. The first-order chi connectivity index (χ1) is 13.1. The van der Waals surface area contributed by atoms with Crippen LogP contribution in [0.2, 0.25) is 5.02 Å². The van der Waals surface area contributed by atoms with E-state index in [9.17, 15) is 18.0 Å². The summed E-state index contributed by atoms with van der Waals surface area (Å²) >= 11 is 5.87. The molecule has 0 saturated carbocycles. The van der Waals surface area contributed by atoms with Crippen molar-refractivity contribution in [2.75, 3.05) is 11.9 Å². The van der Waals surface area contributed by atoms with E-state index in [1.807, 2.05) is 0 Å². The molecule has 3 N–H and O–H groups in total. The lowest BCUT2D eigenvalue weighted by atomic mass is 10.2. The van der Waals surface area contributed by atoms with Crippen molar-refractivity contribution >= 4 is 39.2 Å². The molecule has 0 heterocycles. The summed E-state index contributed by atoms with van der Waals surface area (Å²) in [7, 11) is -3.90. The number of aryl methyl sites for hydroxylation is 1. The maximum absolute atomic E-state index is 12.0. The van der Waals surface area contributed by atoms with Crippen LogP contribution in [0.25, 0.3) is 0 Å². The van der Waals surface area contributed by atoms with Crippen LogP contribution in [0.15, 0.2) is 47.4 Å². The molecule has 0 saturated heterocycles. The summed E-state index contributed by atoms with van der Waals surface area (Å²) < 4.78 is 33.1. The molecule has 2 aromatic rings. The maximum Gasteiger partial charge on any atom is 0.347 e. The monoisotopic (exact) mass is 426 g/mol. The number of nitrogens with two attached hydrogens (primary N) is 1. The average molecular weight is 427 g/mol. The molecular weight excluding hydrogens is 408 g/mol. The van der Waals surface area contributed by atoms with E-state index in [0.717, 1.165) is 5.56 Å². The smallest absolute Gasteiger partial charge is 0.347 e. The number of benzene rings is 2. The van der Waals surface area contributed by atoms with Crippen LogP contribution in [0.5, 0.6) is 5.75 Å². The second-order valence-electron chi connectivity index (χ2n) is 5.90. The van der Waals surface area contributed by atoms with E-state index >= 15 is 0 Å². The number of hydrogen-bond donors (Lipinski definition) is 2. The van der Waals surface area contributed by atoms with Gasteiger partial charge in [0.15, 0.2) is 12.7 Å². The summed E-state index contributed by atoms with van der Waals surface area (Å²) in [5.74, 6) is -0.907. The number of anilines is 1. The van der Waals surface area contributed by atoms with Gasteiger partial charge in [-0.05, 0) is 55.8 Å². The number of hydrogen-bond acceptors (Lipinski definition) is 6. The van der Waals surface area contributed by atoms with Crippen LogP contribution in [0.1, 0.15) is 12.5 Å². The second kappa shape index (κ2) is 9.05.